The van der Waals surface area contributed by atoms with Crippen LogP contribution >= 0.6 is 0 Å². The zero-order valence-corrected chi connectivity index (χ0v) is 11.2. The molecule has 0 heterocycles. The summed E-state index contributed by atoms with van der Waals surface area (Å²) < 4.78 is 50.9. The number of alkyl halides is 2. The number of hydrogen-bond donors (Lipinski definition) is 2. The number of halogens is 2. The van der Waals surface area contributed by atoms with Crippen molar-refractivity contribution < 1.29 is 27.2 Å². The highest BCUT2D eigenvalue weighted by Crippen LogP contribution is 2.22. The molecule has 0 radical (unpaired) electrons. The van der Waals surface area contributed by atoms with Crippen LogP contribution in [0.4, 0.5) is 14.5 Å². The molecule has 0 atom stereocenters. The Morgan fingerprint density at radius 3 is 2.55 bits per heavy atom. The molecule has 0 saturated heterocycles. The van der Waals surface area contributed by atoms with E-state index in [-0.39, 0.29) is 5.56 Å². The van der Waals surface area contributed by atoms with Crippen LogP contribution in [0.1, 0.15) is 5.56 Å². The summed E-state index contributed by atoms with van der Waals surface area (Å²) in [5, 5.41) is 19.0. The van der Waals surface area contributed by atoms with Crippen LogP contribution in [0.5, 0.6) is 0 Å². The zero-order valence-electron chi connectivity index (χ0n) is 10.3. The summed E-state index contributed by atoms with van der Waals surface area (Å²) in [7, 11) is -4.34. The van der Waals surface area contributed by atoms with Crippen LogP contribution in [0.2, 0.25) is 0 Å². The second kappa shape index (κ2) is 5.77. The molecule has 2 N–H and O–H groups in total. The topological polar surface area (TPSA) is 110 Å². The average molecular weight is 310 g/mol. The van der Waals surface area contributed by atoms with Crippen molar-refractivity contribution in [3.63, 3.8) is 0 Å². The van der Waals surface area contributed by atoms with E-state index in [4.69, 9.17) is 5.11 Å². The number of aryl methyl sites for hydroxylation is 1. The van der Waals surface area contributed by atoms with E-state index in [1.807, 2.05) is 0 Å². The molecule has 10 heteroatoms. The number of nitro groups is 1. The van der Waals surface area contributed by atoms with Crippen molar-refractivity contribution in [3.05, 3.63) is 33.9 Å². The predicted octanol–water partition coefficient (Wildman–Crippen LogP) is 0.809. The van der Waals surface area contributed by atoms with E-state index >= 15 is 0 Å². The number of sulfonamides is 1. The van der Waals surface area contributed by atoms with Crippen LogP contribution in [-0.2, 0) is 10.0 Å². The van der Waals surface area contributed by atoms with E-state index in [9.17, 15) is 27.3 Å². The van der Waals surface area contributed by atoms with Gasteiger partial charge in [0.2, 0.25) is 10.0 Å². The van der Waals surface area contributed by atoms with E-state index < -0.39 is 44.6 Å². The van der Waals surface area contributed by atoms with Crippen molar-refractivity contribution in [2.75, 3.05) is 13.2 Å². The highest BCUT2D eigenvalue weighted by atomic mass is 32.2. The van der Waals surface area contributed by atoms with Gasteiger partial charge >= 0.3 is 0 Å². The highest BCUT2D eigenvalue weighted by Gasteiger charge is 2.31. The standard InChI is InChI=1S/C10H12F2N2O5S/c1-7-2-3-8(14(16)17)4-9(7)20(18,19)13-5-10(11,12)6-15/h2-4,13,15H,5-6H2,1H3. The first-order valence-corrected chi connectivity index (χ1v) is 6.81. The minimum atomic E-state index is -4.34. The van der Waals surface area contributed by atoms with Crippen molar-refractivity contribution in [1.82, 2.24) is 4.72 Å². The van der Waals surface area contributed by atoms with Gasteiger partial charge in [-0.1, -0.05) is 6.07 Å². The first kappa shape index (κ1) is 16.4. The Balaban J connectivity index is 3.09. The van der Waals surface area contributed by atoms with Gasteiger partial charge in [-0.2, -0.15) is 0 Å². The van der Waals surface area contributed by atoms with E-state index in [0.717, 1.165) is 12.1 Å². The third-order valence-corrected chi connectivity index (χ3v) is 3.97. The van der Waals surface area contributed by atoms with Crippen LogP contribution < -0.4 is 4.72 Å². The fourth-order valence-corrected chi connectivity index (χ4v) is 2.65. The maximum Gasteiger partial charge on any atom is 0.283 e. The third kappa shape index (κ3) is 3.92. The van der Waals surface area contributed by atoms with Crippen LogP contribution in [0, 0.1) is 17.0 Å². The molecule has 0 saturated carbocycles. The second-order valence-electron chi connectivity index (χ2n) is 4.05. The zero-order chi connectivity index (χ0) is 15.6. The Hall–Kier alpha value is -1.65. The SMILES string of the molecule is Cc1ccc([N+](=O)[O-])cc1S(=O)(=O)NCC(F)(F)CO. The molecular formula is C10H12F2N2O5S. The van der Waals surface area contributed by atoms with Crippen LogP contribution in [0.15, 0.2) is 23.1 Å². The molecule has 0 aromatic heterocycles. The summed E-state index contributed by atoms with van der Waals surface area (Å²) in [5.74, 6) is -3.61. The number of rotatable bonds is 6. The molecule has 0 fully saturated rings. The first-order chi connectivity index (χ1) is 9.09. The lowest BCUT2D eigenvalue weighted by atomic mass is 10.2. The number of aliphatic hydroxyl groups is 1. The quantitative estimate of drug-likeness (QED) is 0.597. The van der Waals surface area contributed by atoms with Gasteiger partial charge in [-0.25, -0.2) is 21.9 Å². The Morgan fingerprint density at radius 1 is 1.45 bits per heavy atom. The van der Waals surface area contributed by atoms with E-state index in [0.29, 0.717) is 0 Å². The molecule has 0 unspecified atom stereocenters. The number of nitrogens with one attached hydrogen (secondary N) is 1. The summed E-state index contributed by atoms with van der Waals surface area (Å²) in [6, 6.07) is 3.10. The van der Waals surface area contributed by atoms with E-state index in [1.165, 1.54) is 13.0 Å². The lowest BCUT2D eigenvalue weighted by Gasteiger charge is -2.15. The molecule has 0 aliphatic rings. The molecule has 1 aromatic carbocycles. The van der Waals surface area contributed by atoms with Gasteiger partial charge in [-0.15, -0.1) is 0 Å². The number of aliphatic hydroxyl groups excluding tert-OH is 1. The van der Waals surface area contributed by atoms with Crippen LogP contribution in [-0.4, -0.2) is 37.5 Å². The molecule has 20 heavy (non-hydrogen) atoms. The monoisotopic (exact) mass is 310 g/mol. The highest BCUT2D eigenvalue weighted by molar-refractivity contribution is 7.89. The van der Waals surface area contributed by atoms with Gasteiger partial charge < -0.3 is 5.11 Å². The number of nitro benzene ring substituents is 1. The number of nitrogens with zero attached hydrogens (tertiary/aromatic N) is 1. The summed E-state index contributed by atoms with van der Waals surface area (Å²) in [6.45, 7) is -1.43. The lowest BCUT2D eigenvalue weighted by molar-refractivity contribution is -0.385. The lowest BCUT2D eigenvalue weighted by Crippen LogP contribution is -2.39. The molecule has 0 bridgehead atoms. The minimum absolute atomic E-state index is 0.176. The van der Waals surface area contributed by atoms with Crippen molar-refractivity contribution in [3.8, 4) is 0 Å². The number of hydrogen-bond acceptors (Lipinski definition) is 5. The van der Waals surface area contributed by atoms with Crippen LogP contribution in [0.3, 0.4) is 0 Å². The number of benzene rings is 1. The maximum absolute atomic E-state index is 12.8. The summed E-state index contributed by atoms with van der Waals surface area (Å²) in [5.41, 5.74) is -0.291. The van der Waals surface area contributed by atoms with Crippen molar-refractivity contribution in [2.24, 2.45) is 0 Å². The Bertz CT molecular complexity index is 618. The molecule has 0 amide bonds. The van der Waals surface area contributed by atoms with E-state index in [2.05, 4.69) is 0 Å². The van der Waals surface area contributed by atoms with Crippen LogP contribution in [0.25, 0.3) is 0 Å². The van der Waals surface area contributed by atoms with Gasteiger partial charge in [-0.05, 0) is 12.5 Å². The molecule has 112 valence electrons. The second-order valence-corrected chi connectivity index (χ2v) is 5.78. The molecule has 0 spiro atoms. The number of non-ortho nitro benzene ring substituents is 1. The maximum atomic E-state index is 12.8. The third-order valence-electron chi connectivity index (χ3n) is 2.42. The molecule has 7 nitrogen and oxygen atoms in total. The average Bonchev–Trinajstić information content (AvgIpc) is 2.37. The smallest absolute Gasteiger partial charge is 0.283 e. The van der Waals surface area contributed by atoms with Crippen molar-refractivity contribution in [2.45, 2.75) is 17.7 Å². The minimum Gasteiger partial charge on any atom is -0.390 e. The van der Waals surface area contributed by atoms with Gasteiger partial charge in [-0.3, -0.25) is 10.1 Å². The van der Waals surface area contributed by atoms with Gasteiger partial charge in [0.15, 0.2) is 0 Å². The fraction of sp³-hybridized carbons (Fsp3) is 0.400. The summed E-state index contributed by atoms with van der Waals surface area (Å²) in [6.07, 6.45) is 0. The molecular weight excluding hydrogens is 298 g/mol. The van der Waals surface area contributed by atoms with Gasteiger partial charge in [0.1, 0.15) is 6.61 Å². The Kier molecular flexibility index (Phi) is 4.73. The van der Waals surface area contributed by atoms with E-state index in [1.54, 1.807) is 4.72 Å². The van der Waals surface area contributed by atoms with Gasteiger partial charge in [0, 0.05) is 12.1 Å². The molecule has 1 aromatic rings. The molecule has 0 aliphatic carbocycles. The Morgan fingerprint density at radius 2 is 2.05 bits per heavy atom. The molecule has 0 aliphatic heterocycles. The Labute approximate surface area is 113 Å². The summed E-state index contributed by atoms with van der Waals surface area (Å²) >= 11 is 0. The van der Waals surface area contributed by atoms with Crippen molar-refractivity contribution >= 4 is 15.7 Å². The summed E-state index contributed by atoms with van der Waals surface area (Å²) in [4.78, 5) is 9.34. The largest absolute Gasteiger partial charge is 0.390 e. The van der Waals surface area contributed by atoms with Crippen molar-refractivity contribution in [1.29, 1.82) is 0 Å². The van der Waals surface area contributed by atoms with Gasteiger partial charge in [0.25, 0.3) is 11.6 Å². The predicted molar refractivity (Wildman–Crippen MR) is 65.1 cm³/mol. The molecule has 1 rings (SSSR count). The normalized spacial score (nSPS) is 12.4. The fourth-order valence-electron chi connectivity index (χ4n) is 1.33. The first-order valence-electron chi connectivity index (χ1n) is 5.32. The van der Waals surface area contributed by atoms with Gasteiger partial charge in [0.05, 0.1) is 16.4 Å².